The van der Waals surface area contributed by atoms with Crippen LogP contribution < -0.4 is 20.3 Å². The van der Waals surface area contributed by atoms with Crippen LogP contribution in [0, 0.1) is 0 Å². The molecule has 0 aliphatic carbocycles. The van der Waals surface area contributed by atoms with Crippen LogP contribution in [-0.4, -0.2) is 44.1 Å². The molecule has 0 spiro atoms. The fourth-order valence-electron chi connectivity index (χ4n) is 2.36. The fraction of sp³-hybridized carbons (Fsp3) is 0.500. The molecule has 1 aromatic rings. The van der Waals surface area contributed by atoms with Gasteiger partial charge in [0.2, 0.25) is 5.91 Å². The SMILES string of the molecule is CCNCCNC(=O)CCN1C(=O)C(C)Oc2ccccc21.Cl. The molecule has 23 heavy (non-hydrogen) atoms. The molecule has 0 aromatic heterocycles. The zero-order valence-corrected chi connectivity index (χ0v) is 14.3. The van der Waals surface area contributed by atoms with Crippen molar-refractivity contribution in [3.05, 3.63) is 24.3 Å². The molecule has 1 aromatic carbocycles. The quantitative estimate of drug-likeness (QED) is 0.734. The van der Waals surface area contributed by atoms with Gasteiger partial charge in [-0.1, -0.05) is 19.1 Å². The Labute approximate surface area is 143 Å². The maximum Gasteiger partial charge on any atom is 0.267 e. The van der Waals surface area contributed by atoms with Crippen molar-refractivity contribution < 1.29 is 14.3 Å². The Bertz CT molecular complexity index is 539. The van der Waals surface area contributed by atoms with Gasteiger partial charge in [-0.3, -0.25) is 9.59 Å². The molecular formula is C16H24ClN3O3. The van der Waals surface area contributed by atoms with Gasteiger partial charge in [0, 0.05) is 26.1 Å². The van der Waals surface area contributed by atoms with Crippen molar-refractivity contribution in [2.75, 3.05) is 31.1 Å². The van der Waals surface area contributed by atoms with Gasteiger partial charge in [-0.05, 0) is 25.6 Å². The molecule has 1 heterocycles. The molecule has 7 heteroatoms. The zero-order chi connectivity index (χ0) is 15.9. The standard InChI is InChI=1S/C16H23N3O3.ClH/c1-3-17-9-10-18-15(20)8-11-19-13-6-4-5-7-14(13)22-12(2)16(19)21;/h4-7,12,17H,3,8-11H2,1-2H3,(H,18,20);1H. The topological polar surface area (TPSA) is 70.7 Å². The minimum Gasteiger partial charge on any atom is -0.479 e. The number of para-hydroxylation sites is 2. The molecule has 1 aliphatic heterocycles. The van der Waals surface area contributed by atoms with Crippen molar-refractivity contribution in [1.82, 2.24) is 10.6 Å². The molecular weight excluding hydrogens is 318 g/mol. The van der Waals surface area contributed by atoms with Crippen LogP contribution >= 0.6 is 12.4 Å². The summed E-state index contributed by atoms with van der Waals surface area (Å²) >= 11 is 0. The van der Waals surface area contributed by atoms with Gasteiger partial charge >= 0.3 is 0 Å². The van der Waals surface area contributed by atoms with Gasteiger partial charge in [0.1, 0.15) is 5.75 Å². The number of amides is 2. The minimum atomic E-state index is -0.522. The zero-order valence-electron chi connectivity index (χ0n) is 13.5. The van der Waals surface area contributed by atoms with E-state index in [0.29, 0.717) is 18.8 Å². The van der Waals surface area contributed by atoms with E-state index in [-0.39, 0.29) is 30.6 Å². The van der Waals surface area contributed by atoms with Crippen LogP contribution in [0.1, 0.15) is 20.3 Å². The summed E-state index contributed by atoms with van der Waals surface area (Å²) in [6.07, 6.45) is -0.245. The Morgan fingerprint density at radius 2 is 2.04 bits per heavy atom. The van der Waals surface area contributed by atoms with Crippen molar-refractivity contribution >= 4 is 29.9 Å². The molecule has 1 atom stereocenters. The lowest BCUT2D eigenvalue weighted by atomic mass is 10.1. The Kier molecular flexibility index (Phi) is 7.85. The van der Waals surface area contributed by atoms with Crippen LogP contribution in [0.3, 0.4) is 0 Å². The number of anilines is 1. The first-order valence-electron chi connectivity index (χ1n) is 7.68. The van der Waals surface area contributed by atoms with E-state index in [1.807, 2.05) is 31.2 Å². The summed E-state index contributed by atoms with van der Waals surface area (Å²) in [7, 11) is 0. The predicted molar refractivity (Wildman–Crippen MR) is 92.3 cm³/mol. The second kappa shape index (κ2) is 9.37. The molecule has 0 saturated heterocycles. The maximum atomic E-state index is 12.3. The number of nitrogens with one attached hydrogen (secondary N) is 2. The van der Waals surface area contributed by atoms with E-state index in [2.05, 4.69) is 10.6 Å². The van der Waals surface area contributed by atoms with Gasteiger partial charge in [-0.15, -0.1) is 12.4 Å². The molecule has 1 aliphatic rings. The normalized spacial score (nSPS) is 16.2. The van der Waals surface area contributed by atoms with Crippen LogP contribution in [0.15, 0.2) is 24.3 Å². The number of carbonyl (C=O) groups excluding carboxylic acids is 2. The van der Waals surface area contributed by atoms with Crippen molar-refractivity contribution in [2.45, 2.75) is 26.4 Å². The first kappa shape index (κ1) is 19.3. The van der Waals surface area contributed by atoms with E-state index >= 15 is 0 Å². The molecule has 0 fully saturated rings. The van der Waals surface area contributed by atoms with Gasteiger partial charge in [0.05, 0.1) is 5.69 Å². The van der Waals surface area contributed by atoms with Crippen molar-refractivity contribution in [1.29, 1.82) is 0 Å². The largest absolute Gasteiger partial charge is 0.479 e. The molecule has 0 bridgehead atoms. The van der Waals surface area contributed by atoms with E-state index in [1.165, 1.54) is 0 Å². The number of hydrogen-bond donors (Lipinski definition) is 2. The number of nitrogens with zero attached hydrogens (tertiary/aromatic N) is 1. The van der Waals surface area contributed by atoms with Crippen LogP contribution in [0.2, 0.25) is 0 Å². The summed E-state index contributed by atoms with van der Waals surface area (Å²) in [5.74, 6) is 0.517. The van der Waals surface area contributed by atoms with Gasteiger partial charge in [-0.2, -0.15) is 0 Å². The summed E-state index contributed by atoms with van der Waals surface area (Å²) < 4.78 is 5.57. The first-order chi connectivity index (χ1) is 10.6. The molecule has 0 saturated carbocycles. The summed E-state index contributed by atoms with van der Waals surface area (Å²) in [5, 5.41) is 5.98. The van der Waals surface area contributed by atoms with Crippen molar-refractivity contribution in [3.8, 4) is 5.75 Å². The van der Waals surface area contributed by atoms with Gasteiger partial charge in [-0.25, -0.2) is 0 Å². The highest BCUT2D eigenvalue weighted by Gasteiger charge is 2.31. The Morgan fingerprint density at radius 1 is 1.30 bits per heavy atom. The van der Waals surface area contributed by atoms with E-state index in [1.54, 1.807) is 11.8 Å². The summed E-state index contributed by atoms with van der Waals surface area (Å²) in [6, 6.07) is 7.39. The van der Waals surface area contributed by atoms with Crippen molar-refractivity contribution in [2.24, 2.45) is 0 Å². The summed E-state index contributed by atoms with van der Waals surface area (Å²) in [5.41, 5.74) is 0.728. The van der Waals surface area contributed by atoms with E-state index in [9.17, 15) is 9.59 Å². The van der Waals surface area contributed by atoms with Crippen molar-refractivity contribution in [3.63, 3.8) is 0 Å². The van der Waals surface area contributed by atoms with Gasteiger partial charge in [0.15, 0.2) is 6.10 Å². The lowest BCUT2D eigenvalue weighted by Gasteiger charge is -2.32. The highest BCUT2D eigenvalue weighted by molar-refractivity contribution is 6.00. The van der Waals surface area contributed by atoms with E-state index in [4.69, 9.17) is 4.74 Å². The lowest BCUT2D eigenvalue weighted by Crippen LogP contribution is -2.46. The van der Waals surface area contributed by atoms with Crippen LogP contribution in [0.5, 0.6) is 5.75 Å². The van der Waals surface area contributed by atoms with E-state index in [0.717, 1.165) is 18.8 Å². The number of rotatable bonds is 7. The number of carbonyl (C=O) groups is 2. The minimum absolute atomic E-state index is 0. The molecule has 0 radical (unpaired) electrons. The van der Waals surface area contributed by atoms with Gasteiger partial charge < -0.3 is 20.3 Å². The average Bonchev–Trinajstić information content (AvgIpc) is 2.52. The van der Waals surface area contributed by atoms with Crippen LogP contribution in [0.4, 0.5) is 5.69 Å². The van der Waals surface area contributed by atoms with Crippen LogP contribution in [0.25, 0.3) is 0 Å². The predicted octanol–water partition coefficient (Wildman–Crippen LogP) is 1.34. The van der Waals surface area contributed by atoms with Crippen LogP contribution in [-0.2, 0) is 9.59 Å². The molecule has 2 N–H and O–H groups in total. The first-order valence-corrected chi connectivity index (χ1v) is 7.68. The Hall–Kier alpha value is -1.79. The smallest absolute Gasteiger partial charge is 0.267 e. The molecule has 6 nitrogen and oxygen atoms in total. The second-order valence-corrected chi connectivity index (χ2v) is 5.17. The summed E-state index contributed by atoms with van der Waals surface area (Å²) in [4.78, 5) is 25.7. The molecule has 1 unspecified atom stereocenters. The second-order valence-electron chi connectivity index (χ2n) is 5.17. The number of hydrogen-bond acceptors (Lipinski definition) is 4. The monoisotopic (exact) mass is 341 g/mol. The highest BCUT2D eigenvalue weighted by atomic mass is 35.5. The average molecular weight is 342 g/mol. The summed E-state index contributed by atoms with van der Waals surface area (Å²) in [6.45, 7) is 6.32. The number of fused-ring (bicyclic) bond motifs is 1. The van der Waals surface area contributed by atoms with Gasteiger partial charge in [0.25, 0.3) is 5.91 Å². The molecule has 128 valence electrons. The third-order valence-corrected chi connectivity index (χ3v) is 3.51. The number of halogens is 1. The third-order valence-electron chi connectivity index (χ3n) is 3.51. The molecule has 2 amide bonds. The molecule has 2 rings (SSSR count). The Balaban J connectivity index is 0.00000264. The maximum absolute atomic E-state index is 12.3. The number of benzene rings is 1. The highest BCUT2D eigenvalue weighted by Crippen LogP contribution is 2.33. The fourth-order valence-corrected chi connectivity index (χ4v) is 2.36. The number of ether oxygens (including phenoxy) is 1. The Morgan fingerprint density at radius 3 is 2.78 bits per heavy atom. The lowest BCUT2D eigenvalue weighted by molar-refractivity contribution is -0.125. The third kappa shape index (κ3) is 5.11. The number of likely N-dealkylation sites (N-methyl/N-ethyl adjacent to an activating group) is 1. The van der Waals surface area contributed by atoms with E-state index < -0.39 is 6.10 Å².